The molecule has 0 unspecified atom stereocenters. The average molecular weight is 185 g/mol. The molecule has 2 rings (SSSR count). The van der Waals surface area contributed by atoms with Gasteiger partial charge in [-0.05, 0) is 24.3 Å². The molecule has 0 saturated heterocycles. The van der Waals surface area contributed by atoms with Crippen LogP contribution in [0.4, 0.5) is 11.4 Å². The molecule has 3 heteroatoms. The van der Waals surface area contributed by atoms with Crippen LogP contribution in [0.1, 0.15) is 0 Å². The summed E-state index contributed by atoms with van der Waals surface area (Å²) in [5.41, 5.74) is 1.82. The molecule has 0 aliphatic heterocycles. The van der Waals surface area contributed by atoms with E-state index in [0.717, 1.165) is 11.4 Å². The van der Waals surface area contributed by atoms with E-state index < -0.39 is 0 Å². The van der Waals surface area contributed by atoms with Gasteiger partial charge in [0.2, 0.25) is 0 Å². The quantitative estimate of drug-likeness (QED) is 0.575. The molecule has 0 fully saturated rings. The minimum absolute atomic E-state index is 0.874. The average Bonchev–Trinajstić information content (AvgIpc) is 2.30. The normalized spacial score (nSPS) is 9.79. The zero-order chi connectivity index (χ0) is 9.80. The zero-order valence-electron chi connectivity index (χ0n) is 7.67. The molecule has 2 N–H and O–H groups in total. The number of hydrogen-bond donors (Lipinski definition) is 1. The van der Waals surface area contributed by atoms with Crippen molar-refractivity contribution in [3.05, 3.63) is 54.9 Å². The maximum atomic E-state index is 5.91. The Balaban J connectivity index is 2.30. The largest absolute Gasteiger partial charge is 0.278 e. The number of hydrogen-bond acceptors (Lipinski definition) is 3. The molecule has 0 bridgehead atoms. The second-order valence-corrected chi connectivity index (χ2v) is 2.92. The molecule has 0 atom stereocenters. The highest BCUT2D eigenvalue weighted by atomic mass is 15.4. The van der Waals surface area contributed by atoms with Gasteiger partial charge >= 0.3 is 0 Å². The molecule has 14 heavy (non-hydrogen) atoms. The van der Waals surface area contributed by atoms with Gasteiger partial charge in [0.15, 0.2) is 0 Å². The molecule has 70 valence electrons. The van der Waals surface area contributed by atoms with E-state index in [9.17, 15) is 0 Å². The Bertz CT molecular complexity index is 346. The first-order valence-corrected chi connectivity index (χ1v) is 4.38. The summed E-state index contributed by atoms with van der Waals surface area (Å²) < 4.78 is 0. The smallest absolute Gasteiger partial charge is 0.0758 e. The van der Waals surface area contributed by atoms with E-state index in [4.69, 9.17) is 5.84 Å². The third kappa shape index (κ3) is 1.72. The summed E-state index contributed by atoms with van der Waals surface area (Å²) in [4.78, 5) is 4.01. The van der Waals surface area contributed by atoms with Gasteiger partial charge in [-0.3, -0.25) is 9.99 Å². The summed E-state index contributed by atoms with van der Waals surface area (Å²) in [6, 6.07) is 13.5. The number of nitrogens with two attached hydrogens (primary N) is 1. The van der Waals surface area contributed by atoms with Crippen LogP contribution in [-0.2, 0) is 0 Å². The fraction of sp³-hybridized carbons (Fsp3) is 0. The molecule has 3 nitrogen and oxygen atoms in total. The zero-order valence-corrected chi connectivity index (χ0v) is 7.67. The number of rotatable bonds is 2. The van der Waals surface area contributed by atoms with Crippen LogP contribution in [0, 0.1) is 0 Å². The van der Waals surface area contributed by atoms with Crippen molar-refractivity contribution in [3.8, 4) is 0 Å². The fourth-order valence-electron chi connectivity index (χ4n) is 1.23. The highest BCUT2D eigenvalue weighted by Gasteiger charge is 2.01. The first kappa shape index (κ1) is 8.72. The summed E-state index contributed by atoms with van der Waals surface area (Å²) in [5, 5.41) is 1.60. The number of nitrogens with zero attached hydrogens (tertiary/aromatic N) is 2. The monoisotopic (exact) mass is 185 g/mol. The predicted octanol–water partition coefficient (Wildman–Crippen LogP) is 2.09. The summed E-state index contributed by atoms with van der Waals surface area (Å²) in [7, 11) is 0. The molecule has 0 saturated carbocycles. The third-order valence-electron chi connectivity index (χ3n) is 1.96. The van der Waals surface area contributed by atoms with E-state index in [0.29, 0.717) is 0 Å². The van der Waals surface area contributed by atoms with Crippen molar-refractivity contribution >= 4 is 11.4 Å². The Kier molecular flexibility index (Phi) is 2.42. The van der Waals surface area contributed by atoms with Gasteiger partial charge in [0.1, 0.15) is 0 Å². The predicted molar refractivity (Wildman–Crippen MR) is 57.0 cm³/mol. The molecule has 0 radical (unpaired) electrons. The minimum Gasteiger partial charge on any atom is -0.278 e. The number of benzene rings is 1. The van der Waals surface area contributed by atoms with E-state index in [-0.39, 0.29) is 0 Å². The van der Waals surface area contributed by atoms with Crippen molar-refractivity contribution in [2.75, 3.05) is 5.01 Å². The fourth-order valence-corrected chi connectivity index (χ4v) is 1.23. The molecule has 1 aromatic carbocycles. The van der Waals surface area contributed by atoms with Crippen LogP contribution in [-0.4, -0.2) is 4.98 Å². The van der Waals surface area contributed by atoms with Crippen molar-refractivity contribution in [1.82, 2.24) is 4.98 Å². The van der Waals surface area contributed by atoms with Gasteiger partial charge in [-0.1, -0.05) is 18.2 Å². The highest BCUT2D eigenvalue weighted by molar-refractivity contribution is 5.59. The Hall–Kier alpha value is -1.87. The van der Waals surface area contributed by atoms with Gasteiger partial charge in [0.05, 0.1) is 17.6 Å². The van der Waals surface area contributed by atoms with E-state index >= 15 is 0 Å². The Morgan fingerprint density at radius 1 is 0.929 bits per heavy atom. The molecule has 1 aromatic heterocycles. The molecule has 2 aromatic rings. The van der Waals surface area contributed by atoms with Gasteiger partial charge in [-0.25, -0.2) is 5.84 Å². The van der Waals surface area contributed by atoms with Crippen molar-refractivity contribution < 1.29 is 0 Å². The second kappa shape index (κ2) is 3.89. The van der Waals surface area contributed by atoms with Crippen molar-refractivity contribution in [2.45, 2.75) is 0 Å². The summed E-state index contributed by atoms with van der Waals surface area (Å²) in [5.74, 6) is 5.91. The molecule has 0 spiro atoms. The topological polar surface area (TPSA) is 42.1 Å². The van der Waals surface area contributed by atoms with E-state index in [1.165, 1.54) is 0 Å². The van der Waals surface area contributed by atoms with Crippen LogP contribution in [0.2, 0.25) is 0 Å². The van der Waals surface area contributed by atoms with Gasteiger partial charge in [-0.15, -0.1) is 0 Å². The SMILES string of the molecule is NN(c1ccccc1)c1cccnc1. The molecule has 1 heterocycles. The summed E-state index contributed by atoms with van der Waals surface area (Å²) in [6.45, 7) is 0. The Labute approximate surface area is 82.8 Å². The lowest BCUT2D eigenvalue weighted by Crippen LogP contribution is -2.24. The van der Waals surface area contributed by atoms with Gasteiger partial charge in [0, 0.05) is 6.20 Å². The molecule has 0 amide bonds. The Morgan fingerprint density at radius 2 is 1.64 bits per heavy atom. The standard InChI is InChI=1S/C11H11N3/c12-14(10-5-2-1-3-6-10)11-7-4-8-13-9-11/h1-9H,12H2. The number of aromatic nitrogens is 1. The maximum Gasteiger partial charge on any atom is 0.0758 e. The van der Waals surface area contributed by atoms with E-state index in [1.54, 1.807) is 17.4 Å². The second-order valence-electron chi connectivity index (χ2n) is 2.92. The third-order valence-corrected chi connectivity index (χ3v) is 1.96. The van der Waals surface area contributed by atoms with Crippen LogP contribution in [0.25, 0.3) is 0 Å². The van der Waals surface area contributed by atoms with Crippen molar-refractivity contribution in [2.24, 2.45) is 5.84 Å². The summed E-state index contributed by atoms with van der Waals surface area (Å²) >= 11 is 0. The van der Waals surface area contributed by atoms with Crippen LogP contribution >= 0.6 is 0 Å². The van der Waals surface area contributed by atoms with Crippen LogP contribution in [0.3, 0.4) is 0 Å². The van der Waals surface area contributed by atoms with E-state index in [2.05, 4.69) is 4.98 Å². The van der Waals surface area contributed by atoms with Gasteiger partial charge < -0.3 is 0 Å². The molecular weight excluding hydrogens is 174 g/mol. The van der Waals surface area contributed by atoms with Crippen LogP contribution in [0.15, 0.2) is 54.9 Å². The molecular formula is C11H11N3. The van der Waals surface area contributed by atoms with Crippen LogP contribution in [0.5, 0.6) is 0 Å². The number of anilines is 2. The lowest BCUT2D eigenvalue weighted by Gasteiger charge is -2.17. The first-order valence-electron chi connectivity index (χ1n) is 4.38. The van der Waals surface area contributed by atoms with Gasteiger partial charge in [0.25, 0.3) is 0 Å². The van der Waals surface area contributed by atoms with Crippen molar-refractivity contribution in [1.29, 1.82) is 0 Å². The number of pyridine rings is 1. The minimum atomic E-state index is 0.874. The lowest BCUT2D eigenvalue weighted by molar-refractivity contribution is 1.07. The van der Waals surface area contributed by atoms with E-state index in [1.807, 2.05) is 42.5 Å². The Morgan fingerprint density at radius 3 is 2.29 bits per heavy atom. The number of hydrazine groups is 1. The maximum absolute atomic E-state index is 5.91. The van der Waals surface area contributed by atoms with Gasteiger partial charge in [-0.2, -0.15) is 0 Å². The lowest BCUT2D eigenvalue weighted by atomic mass is 10.3. The number of para-hydroxylation sites is 1. The highest BCUT2D eigenvalue weighted by Crippen LogP contribution is 2.19. The van der Waals surface area contributed by atoms with Crippen LogP contribution < -0.4 is 10.9 Å². The molecule has 0 aliphatic rings. The molecule has 0 aliphatic carbocycles. The van der Waals surface area contributed by atoms with Crippen molar-refractivity contribution in [3.63, 3.8) is 0 Å². The summed E-state index contributed by atoms with van der Waals surface area (Å²) in [6.07, 6.45) is 3.45. The first-order chi connectivity index (χ1) is 6.88.